The normalized spacial score (nSPS) is 8.67. The minimum Gasteiger partial charge on any atom is -0.381 e. The van der Waals surface area contributed by atoms with E-state index in [0.717, 1.165) is 18.5 Å². The summed E-state index contributed by atoms with van der Waals surface area (Å²) in [7, 11) is 4.01. The highest BCUT2D eigenvalue weighted by atomic mass is 15.1. The molecule has 0 heterocycles. The lowest BCUT2D eigenvalue weighted by Gasteiger charge is -2.13. The second kappa shape index (κ2) is 4.19. The van der Waals surface area contributed by atoms with Crippen LogP contribution >= 0.6 is 0 Å². The Labute approximate surface area is 57.7 Å². The van der Waals surface area contributed by atoms with Crippen LogP contribution in [0.3, 0.4) is 0 Å². The quantitative estimate of drug-likeness (QED) is 0.520. The summed E-state index contributed by atoms with van der Waals surface area (Å²) in [6, 6.07) is 0. The molecule has 0 rings (SSSR count). The fourth-order valence-electron chi connectivity index (χ4n) is 0.492. The molecule has 0 N–H and O–H groups in total. The van der Waals surface area contributed by atoms with Crippen molar-refractivity contribution in [1.29, 1.82) is 0 Å². The van der Waals surface area contributed by atoms with Gasteiger partial charge in [-0.3, -0.25) is 0 Å². The highest BCUT2D eigenvalue weighted by molar-refractivity contribution is 4.92. The molecule has 9 heavy (non-hydrogen) atoms. The van der Waals surface area contributed by atoms with Gasteiger partial charge in [0.05, 0.1) is 0 Å². The number of hydrogen-bond donors (Lipinski definition) is 0. The van der Waals surface area contributed by atoms with E-state index in [1.54, 1.807) is 0 Å². The molecule has 0 bridgehead atoms. The van der Waals surface area contributed by atoms with Crippen LogP contribution in [-0.4, -0.2) is 19.0 Å². The largest absolute Gasteiger partial charge is 0.381 e. The summed E-state index contributed by atoms with van der Waals surface area (Å²) >= 11 is 0. The predicted octanol–water partition coefficient (Wildman–Crippen LogP) is 2.03. The Bertz CT molecular complexity index is 103. The Hall–Kier alpha value is -0.720. The molecule has 0 aromatic heterocycles. The molecule has 0 fully saturated rings. The van der Waals surface area contributed by atoms with E-state index in [1.165, 1.54) is 0 Å². The minimum absolute atomic E-state index is 1.02. The van der Waals surface area contributed by atoms with Crippen molar-refractivity contribution in [2.45, 2.75) is 12.8 Å². The molecule has 0 unspecified atom stereocenters. The van der Waals surface area contributed by atoms with Crippen LogP contribution in [0.1, 0.15) is 12.8 Å². The summed E-state index contributed by atoms with van der Waals surface area (Å²) in [6.45, 7) is 7.50. The van der Waals surface area contributed by atoms with E-state index in [0.29, 0.717) is 0 Å². The lowest BCUT2D eigenvalue weighted by molar-refractivity contribution is 0.491. The zero-order valence-electron chi connectivity index (χ0n) is 6.35. The van der Waals surface area contributed by atoms with Crippen LogP contribution in [0.15, 0.2) is 24.9 Å². The molecule has 0 atom stereocenters. The van der Waals surface area contributed by atoms with Gasteiger partial charge in [-0.25, -0.2) is 0 Å². The van der Waals surface area contributed by atoms with Crippen LogP contribution in [0.5, 0.6) is 0 Å². The zero-order valence-corrected chi connectivity index (χ0v) is 6.35. The standard InChI is InChI=1S/C8H15N/c1-5-6-7-8(2)9(3)4/h5H,1-2,6-7H2,3-4H3. The first-order chi connectivity index (χ1) is 4.18. The van der Waals surface area contributed by atoms with Crippen molar-refractivity contribution >= 4 is 0 Å². The minimum atomic E-state index is 1.02. The van der Waals surface area contributed by atoms with Crippen molar-refractivity contribution < 1.29 is 0 Å². The zero-order chi connectivity index (χ0) is 7.28. The lowest BCUT2D eigenvalue weighted by atomic mass is 10.2. The SMILES string of the molecule is C=CCCC(=C)N(C)C. The van der Waals surface area contributed by atoms with E-state index in [1.807, 2.05) is 25.1 Å². The summed E-state index contributed by atoms with van der Waals surface area (Å²) < 4.78 is 0. The predicted molar refractivity (Wildman–Crippen MR) is 42.3 cm³/mol. The van der Waals surface area contributed by atoms with Gasteiger partial charge >= 0.3 is 0 Å². The highest BCUT2D eigenvalue weighted by Crippen LogP contribution is 2.03. The molecule has 0 saturated heterocycles. The van der Waals surface area contributed by atoms with Crippen molar-refractivity contribution in [3.05, 3.63) is 24.9 Å². The second-order valence-corrected chi connectivity index (χ2v) is 2.29. The van der Waals surface area contributed by atoms with E-state index < -0.39 is 0 Å². The molecule has 52 valence electrons. The van der Waals surface area contributed by atoms with E-state index in [4.69, 9.17) is 0 Å². The van der Waals surface area contributed by atoms with Gasteiger partial charge in [0.2, 0.25) is 0 Å². The van der Waals surface area contributed by atoms with Gasteiger partial charge in [-0.2, -0.15) is 0 Å². The molecule has 0 aliphatic heterocycles. The van der Waals surface area contributed by atoms with Crippen LogP contribution in [0.4, 0.5) is 0 Å². The number of hydrogen-bond acceptors (Lipinski definition) is 1. The maximum absolute atomic E-state index is 3.87. The van der Waals surface area contributed by atoms with Gasteiger partial charge < -0.3 is 4.90 Å². The van der Waals surface area contributed by atoms with Crippen molar-refractivity contribution in [1.82, 2.24) is 4.90 Å². The fraction of sp³-hybridized carbons (Fsp3) is 0.500. The summed E-state index contributed by atoms with van der Waals surface area (Å²) in [5.74, 6) is 0. The van der Waals surface area contributed by atoms with Gasteiger partial charge in [-0.05, 0) is 12.8 Å². The molecule has 0 aliphatic carbocycles. The van der Waals surface area contributed by atoms with Crippen LogP contribution < -0.4 is 0 Å². The molecule has 0 radical (unpaired) electrons. The van der Waals surface area contributed by atoms with Crippen molar-refractivity contribution in [2.24, 2.45) is 0 Å². The van der Waals surface area contributed by atoms with Crippen molar-refractivity contribution in [3.63, 3.8) is 0 Å². The molecule has 0 aliphatic rings. The van der Waals surface area contributed by atoms with E-state index in [-0.39, 0.29) is 0 Å². The monoisotopic (exact) mass is 125 g/mol. The number of allylic oxidation sites excluding steroid dienone is 2. The van der Waals surface area contributed by atoms with Gasteiger partial charge in [0.1, 0.15) is 0 Å². The van der Waals surface area contributed by atoms with Crippen molar-refractivity contribution in [2.75, 3.05) is 14.1 Å². The molecule has 0 aromatic rings. The summed E-state index contributed by atoms with van der Waals surface area (Å²) in [5.41, 5.74) is 1.16. The Balaban J connectivity index is 3.38. The molecular formula is C8H15N. The van der Waals surface area contributed by atoms with Gasteiger partial charge in [-0.1, -0.05) is 12.7 Å². The third-order valence-electron chi connectivity index (χ3n) is 1.27. The lowest BCUT2D eigenvalue weighted by Crippen LogP contribution is -2.09. The summed E-state index contributed by atoms with van der Waals surface area (Å²) in [5, 5.41) is 0. The van der Waals surface area contributed by atoms with Crippen LogP contribution in [0.25, 0.3) is 0 Å². The smallest absolute Gasteiger partial charge is 0.00579 e. The molecule has 0 amide bonds. The third-order valence-corrected chi connectivity index (χ3v) is 1.27. The molecular weight excluding hydrogens is 110 g/mol. The van der Waals surface area contributed by atoms with Gasteiger partial charge in [0.15, 0.2) is 0 Å². The fourth-order valence-corrected chi connectivity index (χ4v) is 0.492. The Kier molecular flexibility index (Phi) is 3.85. The van der Waals surface area contributed by atoms with Crippen LogP contribution in [-0.2, 0) is 0 Å². The molecule has 0 saturated carbocycles. The maximum atomic E-state index is 3.87. The highest BCUT2D eigenvalue weighted by Gasteiger charge is 1.91. The molecule has 0 spiro atoms. The van der Waals surface area contributed by atoms with Gasteiger partial charge in [-0.15, -0.1) is 6.58 Å². The number of nitrogens with zero attached hydrogens (tertiary/aromatic N) is 1. The topological polar surface area (TPSA) is 3.24 Å². The van der Waals surface area contributed by atoms with Crippen LogP contribution in [0.2, 0.25) is 0 Å². The maximum Gasteiger partial charge on any atom is 0.00579 e. The van der Waals surface area contributed by atoms with Crippen LogP contribution in [0, 0.1) is 0 Å². The Morgan fingerprint density at radius 3 is 2.44 bits per heavy atom. The van der Waals surface area contributed by atoms with Crippen molar-refractivity contribution in [3.8, 4) is 0 Å². The average Bonchev–Trinajstić information content (AvgIpc) is 1.82. The average molecular weight is 125 g/mol. The molecule has 0 aromatic carbocycles. The summed E-state index contributed by atoms with van der Waals surface area (Å²) in [6.07, 6.45) is 3.96. The second-order valence-electron chi connectivity index (χ2n) is 2.29. The third kappa shape index (κ3) is 3.83. The number of rotatable bonds is 4. The van der Waals surface area contributed by atoms with E-state index >= 15 is 0 Å². The molecule has 1 heteroatoms. The summed E-state index contributed by atoms with van der Waals surface area (Å²) in [4.78, 5) is 2.03. The van der Waals surface area contributed by atoms with Gasteiger partial charge in [0, 0.05) is 19.8 Å². The Morgan fingerprint density at radius 1 is 1.56 bits per heavy atom. The van der Waals surface area contributed by atoms with E-state index in [9.17, 15) is 0 Å². The Morgan fingerprint density at radius 2 is 2.11 bits per heavy atom. The van der Waals surface area contributed by atoms with Gasteiger partial charge in [0.25, 0.3) is 0 Å². The van der Waals surface area contributed by atoms with E-state index in [2.05, 4.69) is 13.2 Å². The first kappa shape index (κ1) is 8.28. The molecule has 1 nitrogen and oxygen atoms in total. The first-order valence-corrected chi connectivity index (χ1v) is 3.14. The first-order valence-electron chi connectivity index (χ1n) is 3.14.